The fourth-order valence-electron chi connectivity index (χ4n) is 6.09. The van der Waals surface area contributed by atoms with Crippen molar-refractivity contribution in [1.29, 1.82) is 0 Å². The minimum absolute atomic E-state index is 0.00993. The summed E-state index contributed by atoms with van der Waals surface area (Å²) in [6, 6.07) is 5.52. The monoisotopic (exact) mass is 367 g/mol. The Labute approximate surface area is 159 Å². The number of nitrogens with zero attached hydrogens (tertiary/aromatic N) is 1. The molecule has 27 heavy (non-hydrogen) atoms. The van der Waals surface area contributed by atoms with Gasteiger partial charge in [0, 0.05) is 17.0 Å². The number of carbonyl (C=O) groups excluding carboxylic acids is 1. The molecule has 0 atom stereocenters. The first-order chi connectivity index (χ1) is 13.1. The maximum absolute atomic E-state index is 12.5. The van der Waals surface area contributed by atoms with Gasteiger partial charge in [-0.2, -0.15) is 0 Å². The van der Waals surface area contributed by atoms with Gasteiger partial charge < -0.3 is 14.2 Å². The number of esters is 1. The normalized spacial score (nSPS) is 35.3. The first-order valence-electron chi connectivity index (χ1n) is 9.83. The smallest absolute Gasteiger partial charge is 0.363 e. The SMILES string of the molecule is COc1ccc(/C=C2/N=C(C34CC5CC(CC(C5)C3)C4)OC2=O)c(OC)c1. The summed E-state index contributed by atoms with van der Waals surface area (Å²) in [5, 5.41) is 0. The first kappa shape index (κ1) is 16.8. The Balaban J connectivity index is 1.48. The zero-order valence-electron chi connectivity index (χ0n) is 15.9. The van der Waals surface area contributed by atoms with Crippen LogP contribution in [0.15, 0.2) is 28.9 Å². The number of rotatable bonds is 4. The van der Waals surface area contributed by atoms with Crippen LogP contribution in [-0.4, -0.2) is 26.1 Å². The number of hydrogen-bond donors (Lipinski definition) is 0. The molecule has 0 amide bonds. The molecule has 0 aromatic heterocycles. The molecule has 0 saturated heterocycles. The van der Waals surface area contributed by atoms with Crippen molar-refractivity contribution >= 4 is 17.9 Å². The third kappa shape index (κ3) is 2.75. The van der Waals surface area contributed by atoms with Crippen LogP contribution in [0, 0.1) is 23.2 Å². The fraction of sp³-hybridized carbons (Fsp3) is 0.545. The lowest BCUT2D eigenvalue weighted by Gasteiger charge is -2.55. The summed E-state index contributed by atoms with van der Waals surface area (Å²) in [6.07, 6.45) is 9.21. The third-order valence-corrected chi connectivity index (χ3v) is 6.85. The molecule has 0 spiro atoms. The second kappa shape index (κ2) is 6.11. The van der Waals surface area contributed by atoms with E-state index in [1.54, 1.807) is 26.4 Å². The molecule has 5 heteroatoms. The van der Waals surface area contributed by atoms with Gasteiger partial charge in [-0.05, 0) is 74.5 Å². The molecule has 5 aliphatic rings. The minimum atomic E-state index is -0.349. The van der Waals surface area contributed by atoms with Crippen LogP contribution in [0.25, 0.3) is 6.08 Å². The number of benzene rings is 1. The topological polar surface area (TPSA) is 57.1 Å². The number of carbonyl (C=O) groups is 1. The Bertz CT molecular complexity index is 819. The van der Waals surface area contributed by atoms with Crippen LogP contribution in [0.1, 0.15) is 44.1 Å². The fourth-order valence-corrected chi connectivity index (χ4v) is 6.09. The van der Waals surface area contributed by atoms with Gasteiger partial charge in [0.1, 0.15) is 11.5 Å². The van der Waals surface area contributed by atoms with E-state index < -0.39 is 0 Å². The van der Waals surface area contributed by atoms with Crippen molar-refractivity contribution in [3.63, 3.8) is 0 Å². The number of cyclic esters (lactones) is 1. The Kier molecular flexibility index (Phi) is 3.81. The van der Waals surface area contributed by atoms with Crippen LogP contribution in [-0.2, 0) is 9.53 Å². The number of ether oxygens (including phenoxy) is 3. The number of hydrogen-bond acceptors (Lipinski definition) is 5. The highest BCUT2D eigenvalue weighted by Crippen LogP contribution is 2.61. The van der Waals surface area contributed by atoms with Crippen LogP contribution in [0.4, 0.5) is 0 Å². The van der Waals surface area contributed by atoms with Crippen molar-refractivity contribution in [3.8, 4) is 11.5 Å². The van der Waals surface area contributed by atoms with Crippen molar-refractivity contribution in [2.24, 2.45) is 28.2 Å². The van der Waals surface area contributed by atoms with E-state index >= 15 is 0 Å². The second-order valence-electron chi connectivity index (χ2n) is 8.64. The number of methoxy groups -OCH3 is 2. The molecule has 1 heterocycles. The second-order valence-corrected chi connectivity index (χ2v) is 8.64. The lowest BCUT2D eigenvalue weighted by atomic mass is 9.49. The predicted octanol–water partition coefficient (Wildman–Crippen LogP) is 4.22. The molecule has 0 radical (unpaired) electrons. The van der Waals surface area contributed by atoms with Gasteiger partial charge in [0.25, 0.3) is 0 Å². The van der Waals surface area contributed by atoms with Gasteiger partial charge in [0.15, 0.2) is 5.70 Å². The molecule has 4 saturated carbocycles. The van der Waals surface area contributed by atoms with Crippen molar-refractivity contribution < 1.29 is 19.0 Å². The van der Waals surface area contributed by atoms with E-state index in [9.17, 15) is 4.79 Å². The van der Waals surface area contributed by atoms with Crippen molar-refractivity contribution in [2.75, 3.05) is 14.2 Å². The maximum Gasteiger partial charge on any atom is 0.363 e. The van der Waals surface area contributed by atoms with Gasteiger partial charge >= 0.3 is 5.97 Å². The Morgan fingerprint density at radius 2 is 1.74 bits per heavy atom. The minimum Gasteiger partial charge on any atom is -0.497 e. The van der Waals surface area contributed by atoms with Gasteiger partial charge in [-0.15, -0.1) is 0 Å². The summed E-state index contributed by atoms with van der Waals surface area (Å²) < 4.78 is 16.4. The molecule has 4 fully saturated rings. The van der Waals surface area contributed by atoms with Crippen molar-refractivity contribution in [3.05, 3.63) is 29.5 Å². The van der Waals surface area contributed by atoms with E-state index in [1.807, 2.05) is 12.1 Å². The summed E-state index contributed by atoms with van der Waals surface area (Å²) in [4.78, 5) is 17.2. The largest absolute Gasteiger partial charge is 0.497 e. The molecular formula is C22H25NO4. The van der Waals surface area contributed by atoms with E-state index in [1.165, 1.54) is 19.3 Å². The third-order valence-electron chi connectivity index (χ3n) is 6.85. The van der Waals surface area contributed by atoms with Gasteiger partial charge in [-0.1, -0.05) is 0 Å². The van der Waals surface area contributed by atoms with Gasteiger partial charge in [0.05, 0.1) is 14.2 Å². The standard InChI is InChI=1S/C22H25NO4/c1-25-17-4-3-16(19(9-17)26-2)8-18-20(24)27-21(23-18)22-10-13-5-14(11-22)7-15(6-13)12-22/h3-4,8-9,13-15H,5-7,10-12H2,1-2H3/b18-8+. The average molecular weight is 367 g/mol. The van der Waals surface area contributed by atoms with Crippen molar-refractivity contribution in [2.45, 2.75) is 38.5 Å². The maximum atomic E-state index is 12.5. The van der Waals surface area contributed by atoms with E-state index in [0.29, 0.717) is 23.1 Å². The Hall–Kier alpha value is -2.30. The molecular weight excluding hydrogens is 342 g/mol. The molecule has 142 valence electrons. The first-order valence-corrected chi connectivity index (χ1v) is 9.83. The number of aliphatic imine (C=N–C) groups is 1. The molecule has 0 unspecified atom stereocenters. The molecule has 0 N–H and O–H groups in total. The predicted molar refractivity (Wildman–Crippen MR) is 102 cm³/mol. The average Bonchev–Trinajstić information content (AvgIpc) is 3.02. The lowest BCUT2D eigenvalue weighted by Crippen LogP contribution is -2.50. The Morgan fingerprint density at radius 1 is 1.07 bits per heavy atom. The van der Waals surface area contributed by atoms with E-state index in [2.05, 4.69) is 0 Å². The zero-order chi connectivity index (χ0) is 18.6. The van der Waals surface area contributed by atoms with E-state index in [-0.39, 0.29) is 11.4 Å². The zero-order valence-corrected chi connectivity index (χ0v) is 15.9. The molecule has 1 aromatic carbocycles. The molecule has 1 aliphatic heterocycles. The lowest BCUT2D eigenvalue weighted by molar-refractivity contribution is -0.131. The van der Waals surface area contributed by atoms with Crippen LogP contribution in [0.2, 0.25) is 0 Å². The highest BCUT2D eigenvalue weighted by Gasteiger charge is 2.55. The molecule has 1 aromatic rings. The van der Waals surface area contributed by atoms with Crippen LogP contribution in [0.5, 0.6) is 11.5 Å². The quantitative estimate of drug-likeness (QED) is 0.591. The summed E-state index contributed by atoms with van der Waals surface area (Å²) >= 11 is 0. The highest BCUT2D eigenvalue weighted by atomic mass is 16.6. The summed E-state index contributed by atoms with van der Waals surface area (Å²) in [5.41, 5.74) is 1.15. The Morgan fingerprint density at radius 3 is 2.33 bits per heavy atom. The van der Waals surface area contributed by atoms with Crippen molar-refractivity contribution in [1.82, 2.24) is 0 Å². The highest BCUT2D eigenvalue weighted by molar-refractivity contribution is 6.09. The van der Waals surface area contributed by atoms with Gasteiger partial charge in [-0.3, -0.25) is 0 Å². The van der Waals surface area contributed by atoms with Gasteiger partial charge in [-0.25, -0.2) is 9.79 Å². The molecule has 6 rings (SSSR count). The molecule has 4 aliphatic carbocycles. The summed E-state index contributed by atoms with van der Waals surface area (Å²) in [6.45, 7) is 0. The van der Waals surface area contributed by atoms with Crippen LogP contribution in [0.3, 0.4) is 0 Å². The van der Waals surface area contributed by atoms with E-state index in [0.717, 1.165) is 42.6 Å². The summed E-state index contributed by atoms with van der Waals surface area (Å²) in [5.74, 6) is 4.03. The van der Waals surface area contributed by atoms with Crippen LogP contribution < -0.4 is 9.47 Å². The molecule has 4 bridgehead atoms. The molecule has 5 nitrogen and oxygen atoms in total. The van der Waals surface area contributed by atoms with E-state index in [4.69, 9.17) is 19.2 Å². The summed E-state index contributed by atoms with van der Waals surface area (Å²) in [7, 11) is 3.22. The van der Waals surface area contributed by atoms with Gasteiger partial charge in [0.2, 0.25) is 5.90 Å². The van der Waals surface area contributed by atoms with Crippen LogP contribution >= 0.6 is 0 Å².